The molecule has 0 bridgehead atoms. The number of benzene rings is 2. The Morgan fingerprint density at radius 2 is 1.95 bits per heavy atom. The van der Waals surface area contributed by atoms with Crippen LogP contribution in [0.2, 0.25) is 10.0 Å². The zero-order valence-corrected chi connectivity index (χ0v) is 12.5. The maximum Gasteiger partial charge on any atom is 0.340 e. The lowest BCUT2D eigenvalue weighted by molar-refractivity contribution is 0.0595. The Hall–Kier alpha value is -1.78. The van der Waals surface area contributed by atoms with Crippen LogP contribution in [0.3, 0.4) is 0 Å². The zero-order chi connectivity index (χ0) is 15.4. The van der Waals surface area contributed by atoms with Crippen molar-refractivity contribution in [1.82, 2.24) is 0 Å². The van der Waals surface area contributed by atoms with Crippen molar-refractivity contribution in [3.05, 3.63) is 63.4 Å². The SMILES string of the molecule is COC(=O)c1ccc(COc2ccc(Cl)cc2Cl)cc1F. The van der Waals surface area contributed by atoms with Crippen molar-refractivity contribution < 1.29 is 18.7 Å². The first-order valence-corrected chi connectivity index (χ1v) is 6.71. The summed E-state index contributed by atoms with van der Waals surface area (Å²) in [6.45, 7) is 0.111. The van der Waals surface area contributed by atoms with E-state index >= 15 is 0 Å². The van der Waals surface area contributed by atoms with Gasteiger partial charge in [0.05, 0.1) is 17.7 Å². The van der Waals surface area contributed by atoms with Gasteiger partial charge in [-0.3, -0.25) is 0 Å². The molecule has 0 aliphatic carbocycles. The van der Waals surface area contributed by atoms with Crippen LogP contribution in [-0.2, 0) is 11.3 Å². The lowest BCUT2D eigenvalue weighted by Crippen LogP contribution is -2.05. The molecule has 0 N–H and O–H groups in total. The Morgan fingerprint density at radius 3 is 2.57 bits per heavy atom. The molecule has 0 amide bonds. The molecular weight excluding hydrogens is 318 g/mol. The number of methoxy groups -OCH3 is 1. The number of ether oxygens (including phenoxy) is 2. The van der Waals surface area contributed by atoms with E-state index in [0.717, 1.165) is 0 Å². The van der Waals surface area contributed by atoms with Gasteiger partial charge in [-0.2, -0.15) is 0 Å². The van der Waals surface area contributed by atoms with Crippen LogP contribution in [0.5, 0.6) is 5.75 Å². The van der Waals surface area contributed by atoms with Gasteiger partial charge in [0.25, 0.3) is 0 Å². The summed E-state index contributed by atoms with van der Waals surface area (Å²) in [5.74, 6) is -0.940. The largest absolute Gasteiger partial charge is 0.487 e. The van der Waals surface area contributed by atoms with Crippen LogP contribution >= 0.6 is 23.2 Å². The summed E-state index contributed by atoms with van der Waals surface area (Å²) < 4.78 is 23.7. The summed E-state index contributed by atoms with van der Waals surface area (Å²) in [5.41, 5.74) is 0.442. The predicted octanol–water partition coefficient (Wildman–Crippen LogP) is 4.50. The summed E-state index contributed by atoms with van der Waals surface area (Å²) in [6.07, 6.45) is 0. The molecule has 0 radical (unpaired) electrons. The summed E-state index contributed by atoms with van der Waals surface area (Å²) in [4.78, 5) is 11.3. The molecule has 110 valence electrons. The van der Waals surface area contributed by atoms with E-state index in [0.29, 0.717) is 21.4 Å². The lowest BCUT2D eigenvalue weighted by atomic mass is 10.1. The Bertz CT molecular complexity index is 674. The van der Waals surface area contributed by atoms with Gasteiger partial charge < -0.3 is 9.47 Å². The van der Waals surface area contributed by atoms with Crippen LogP contribution in [0.15, 0.2) is 36.4 Å². The molecule has 2 rings (SSSR count). The van der Waals surface area contributed by atoms with Gasteiger partial charge >= 0.3 is 5.97 Å². The lowest BCUT2D eigenvalue weighted by Gasteiger charge is -2.09. The molecule has 2 aromatic carbocycles. The van der Waals surface area contributed by atoms with Crippen LogP contribution in [0.1, 0.15) is 15.9 Å². The molecule has 0 aliphatic heterocycles. The predicted molar refractivity (Wildman–Crippen MR) is 78.5 cm³/mol. The topological polar surface area (TPSA) is 35.5 Å². The maximum absolute atomic E-state index is 13.7. The first-order valence-electron chi connectivity index (χ1n) is 5.96. The van der Waals surface area contributed by atoms with Gasteiger partial charge in [-0.15, -0.1) is 0 Å². The average Bonchev–Trinajstić information content (AvgIpc) is 2.45. The van der Waals surface area contributed by atoms with Gasteiger partial charge in [0, 0.05) is 5.02 Å². The van der Waals surface area contributed by atoms with Crippen LogP contribution in [0, 0.1) is 5.82 Å². The molecule has 6 heteroatoms. The van der Waals surface area contributed by atoms with Crippen molar-refractivity contribution in [2.24, 2.45) is 0 Å². The molecule has 0 saturated carbocycles. The fourth-order valence-electron chi connectivity index (χ4n) is 1.68. The van der Waals surface area contributed by atoms with E-state index in [1.807, 2.05) is 0 Å². The van der Waals surface area contributed by atoms with E-state index in [2.05, 4.69) is 4.74 Å². The molecule has 0 heterocycles. The average molecular weight is 329 g/mol. The van der Waals surface area contributed by atoms with Gasteiger partial charge in [-0.1, -0.05) is 29.3 Å². The van der Waals surface area contributed by atoms with Crippen molar-refractivity contribution in [1.29, 1.82) is 0 Å². The van der Waals surface area contributed by atoms with Crippen molar-refractivity contribution in [3.8, 4) is 5.75 Å². The number of esters is 1. The Morgan fingerprint density at radius 1 is 1.19 bits per heavy atom. The molecule has 0 aliphatic rings. The minimum Gasteiger partial charge on any atom is -0.487 e. The quantitative estimate of drug-likeness (QED) is 0.775. The fourth-order valence-corrected chi connectivity index (χ4v) is 2.14. The van der Waals surface area contributed by atoms with Crippen molar-refractivity contribution in [3.63, 3.8) is 0 Å². The maximum atomic E-state index is 13.7. The smallest absolute Gasteiger partial charge is 0.340 e. The first kappa shape index (κ1) is 15.6. The van der Waals surface area contributed by atoms with Gasteiger partial charge in [-0.05, 0) is 35.9 Å². The Labute approximate surface area is 131 Å². The van der Waals surface area contributed by atoms with E-state index in [9.17, 15) is 9.18 Å². The summed E-state index contributed by atoms with van der Waals surface area (Å²) in [5, 5.41) is 0.870. The van der Waals surface area contributed by atoms with Gasteiger partial charge in [0.2, 0.25) is 0 Å². The third-order valence-electron chi connectivity index (χ3n) is 2.73. The van der Waals surface area contributed by atoms with E-state index in [-0.39, 0.29) is 12.2 Å². The second-order valence-corrected chi connectivity index (χ2v) is 5.01. The number of hydrogen-bond acceptors (Lipinski definition) is 3. The highest BCUT2D eigenvalue weighted by molar-refractivity contribution is 6.35. The van der Waals surface area contributed by atoms with Crippen LogP contribution in [-0.4, -0.2) is 13.1 Å². The second-order valence-electron chi connectivity index (χ2n) is 4.17. The number of carbonyl (C=O) groups excluding carboxylic acids is 1. The standard InChI is InChI=1S/C15H11Cl2FO3/c1-20-15(19)11-4-2-9(6-13(11)18)8-21-14-5-3-10(16)7-12(14)17/h2-7H,8H2,1H3. The van der Waals surface area contributed by atoms with Gasteiger partial charge in [0.1, 0.15) is 18.2 Å². The van der Waals surface area contributed by atoms with E-state index in [1.165, 1.54) is 19.2 Å². The highest BCUT2D eigenvalue weighted by atomic mass is 35.5. The van der Waals surface area contributed by atoms with Crippen LogP contribution in [0.4, 0.5) is 4.39 Å². The van der Waals surface area contributed by atoms with Gasteiger partial charge in [0.15, 0.2) is 0 Å². The van der Waals surface area contributed by atoms with Gasteiger partial charge in [-0.25, -0.2) is 9.18 Å². The molecule has 0 atom stereocenters. The third-order valence-corrected chi connectivity index (χ3v) is 3.26. The number of rotatable bonds is 4. The monoisotopic (exact) mass is 328 g/mol. The molecule has 0 unspecified atom stereocenters. The highest BCUT2D eigenvalue weighted by Crippen LogP contribution is 2.28. The van der Waals surface area contributed by atoms with Crippen LogP contribution < -0.4 is 4.74 Å². The van der Waals surface area contributed by atoms with E-state index in [4.69, 9.17) is 27.9 Å². The zero-order valence-electron chi connectivity index (χ0n) is 11.0. The third kappa shape index (κ3) is 3.86. The summed E-state index contributed by atoms with van der Waals surface area (Å²) >= 11 is 11.8. The Kier molecular flexibility index (Phi) is 5.04. The normalized spacial score (nSPS) is 10.3. The number of carbonyl (C=O) groups is 1. The molecule has 0 spiro atoms. The van der Waals surface area contributed by atoms with Crippen molar-refractivity contribution in [2.75, 3.05) is 7.11 Å². The molecule has 2 aromatic rings. The van der Waals surface area contributed by atoms with Crippen LogP contribution in [0.25, 0.3) is 0 Å². The molecular formula is C15H11Cl2FO3. The minimum atomic E-state index is -0.722. The molecule has 0 aromatic heterocycles. The molecule has 3 nitrogen and oxygen atoms in total. The summed E-state index contributed by atoms with van der Waals surface area (Å²) in [6, 6.07) is 8.98. The fraction of sp³-hybridized carbons (Fsp3) is 0.133. The number of hydrogen-bond donors (Lipinski definition) is 0. The van der Waals surface area contributed by atoms with E-state index < -0.39 is 11.8 Å². The number of halogens is 3. The molecule has 21 heavy (non-hydrogen) atoms. The van der Waals surface area contributed by atoms with Crippen molar-refractivity contribution in [2.45, 2.75) is 6.61 Å². The molecule has 0 fully saturated rings. The summed E-state index contributed by atoms with van der Waals surface area (Å²) in [7, 11) is 1.20. The molecule has 0 saturated heterocycles. The highest BCUT2D eigenvalue weighted by Gasteiger charge is 2.12. The van der Waals surface area contributed by atoms with E-state index in [1.54, 1.807) is 24.3 Å². The Balaban J connectivity index is 2.10. The minimum absolute atomic E-state index is 0.111. The van der Waals surface area contributed by atoms with Crippen molar-refractivity contribution >= 4 is 29.2 Å². The first-order chi connectivity index (χ1) is 10.0. The second kappa shape index (κ2) is 6.78.